The van der Waals surface area contributed by atoms with Gasteiger partial charge in [0.2, 0.25) is 10.9 Å². The molecular weight excluding hydrogens is 344 g/mol. The zero-order chi connectivity index (χ0) is 18.5. The maximum Gasteiger partial charge on any atom is 0.374 e. The molecule has 0 spiro atoms. The molecule has 0 aliphatic heterocycles. The number of furan rings is 1. The highest BCUT2D eigenvalue weighted by molar-refractivity contribution is 7.89. The quantitative estimate of drug-likeness (QED) is 0.597. The number of rotatable bonds is 7. The summed E-state index contributed by atoms with van der Waals surface area (Å²) in [5.74, 6) is -0.834. The molecule has 136 valence electrons. The van der Waals surface area contributed by atoms with E-state index in [1.165, 1.54) is 12.1 Å². The van der Waals surface area contributed by atoms with Crippen molar-refractivity contribution in [2.24, 2.45) is 0 Å². The first kappa shape index (κ1) is 19.1. The van der Waals surface area contributed by atoms with Crippen LogP contribution in [0.1, 0.15) is 43.3 Å². The van der Waals surface area contributed by atoms with Crippen LogP contribution >= 0.6 is 0 Å². The highest BCUT2D eigenvalue weighted by Crippen LogP contribution is 2.17. The molecule has 0 aromatic carbocycles. The fourth-order valence-electron chi connectivity index (χ4n) is 2.09. The molecule has 0 bridgehead atoms. The lowest BCUT2D eigenvalue weighted by Gasteiger charge is -2.18. The van der Waals surface area contributed by atoms with Crippen LogP contribution in [0.25, 0.3) is 0 Å². The Hall–Kier alpha value is -2.19. The molecule has 0 saturated heterocycles. The summed E-state index contributed by atoms with van der Waals surface area (Å²) in [4.78, 5) is 15.9. The van der Waals surface area contributed by atoms with E-state index >= 15 is 0 Å². The molecule has 2 rings (SSSR count). The minimum absolute atomic E-state index is 0.143. The number of hydrogen-bond donors (Lipinski definition) is 1. The summed E-state index contributed by atoms with van der Waals surface area (Å²) in [6, 6.07) is 6.32. The third-order valence-corrected chi connectivity index (χ3v) is 4.68. The summed E-state index contributed by atoms with van der Waals surface area (Å²) in [7, 11) is -3.82. The summed E-state index contributed by atoms with van der Waals surface area (Å²) in [5, 5.41) is -0.315. The molecule has 8 heteroatoms. The number of sulfonamides is 1. The molecule has 0 radical (unpaired) electrons. The standard InChI is InChI=1S/C17H22N2O5S/c1-17(2,3)19-25(21,22)15-9-8-14(24-15)16(20)23-11-5-7-13-6-4-10-18-12-13/h4,6,8-10,12,19H,5,7,11H2,1-3H3. The Morgan fingerprint density at radius 1 is 1.28 bits per heavy atom. The van der Waals surface area contributed by atoms with E-state index in [9.17, 15) is 13.2 Å². The van der Waals surface area contributed by atoms with E-state index in [-0.39, 0.29) is 17.5 Å². The topological polar surface area (TPSA) is 98.5 Å². The SMILES string of the molecule is CC(C)(C)NS(=O)(=O)c1ccc(C(=O)OCCCc2cccnc2)o1. The normalized spacial score (nSPS) is 12.1. The molecule has 2 heterocycles. The Morgan fingerprint density at radius 2 is 2.04 bits per heavy atom. The summed E-state index contributed by atoms with van der Waals surface area (Å²) >= 11 is 0. The van der Waals surface area contributed by atoms with Crippen molar-refractivity contribution in [2.75, 3.05) is 6.61 Å². The lowest BCUT2D eigenvalue weighted by molar-refractivity contribution is 0.0458. The van der Waals surface area contributed by atoms with Crippen LogP contribution in [0.2, 0.25) is 0 Å². The minimum atomic E-state index is -3.82. The van der Waals surface area contributed by atoms with Gasteiger partial charge in [-0.2, -0.15) is 0 Å². The zero-order valence-electron chi connectivity index (χ0n) is 14.5. The molecule has 2 aromatic rings. The Kier molecular flexibility index (Phi) is 5.97. The number of aromatic nitrogens is 1. The first-order chi connectivity index (χ1) is 11.7. The molecule has 0 aliphatic rings. The van der Waals surface area contributed by atoms with Crippen LogP contribution in [0.3, 0.4) is 0 Å². The van der Waals surface area contributed by atoms with Crippen LogP contribution in [0.4, 0.5) is 0 Å². The number of nitrogens with zero attached hydrogens (tertiary/aromatic N) is 1. The monoisotopic (exact) mass is 366 g/mol. The van der Waals surface area contributed by atoms with Gasteiger partial charge >= 0.3 is 5.97 Å². The third-order valence-electron chi connectivity index (χ3n) is 3.05. The lowest BCUT2D eigenvalue weighted by Crippen LogP contribution is -2.40. The molecule has 0 unspecified atom stereocenters. The van der Waals surface area contributed by atoms with Crippen molar-refractivity contribution >= 4 is 16.0 Å². The summed E-state index contributed by atoms with van der Waals surface area (Å²) in [6.07, 6.45) is 4.82. The highest BCUT2D eigenvalue weighted by Gasteiger charge is 2.26. The van der Waals surface area contributed by atoms with Crippen molar-refractivity contribution in [2.45, 2.75) is 44.2 Å². The van der Waals surface area contributed by atoms with Gasteiger partial charge in [0.15, 0.2) is 0 Å². The number of nitrogens with one attached hydrogen (secondary N) is 1. The Balaban J connectivity index is 1.88. The van der Waals surface area contributed by atoms with E-state index < -0.39 is 21.5 Å². The molecular formula is C17H22N2O5S. The third kappa shape index (κ3) is 5.99. The summed E-state index contributed by atoms with van der Waals surface area (Å²) in [5.41, 5.74) is 0.400. The molecule has 1 N–H and O–H groups in total. The van der Waals surface area contributed by atoms with Gasteiger partial charge < -0.3 is 9.15 Å². The van der Waals surface area contributed by atoms with Gasteiger partial charge in [-0.25, -0.2) is 17.9 Å². The van der Waals surface area contributed by atoms with Gasteiger partial charge in [-0.15, -0.1) is 0 Å². The van der Waals surface area contributed by atoms with Crippen LogP contribution in [0.15, 0.2) is 46.2 Å². The fraction of sp³-hybridized carbons (Fsp3) is 0.412. The first-order valence-corrected chi connectivity index (χ1v) is 9.35. The van der Waals surface area contributed by atoms with Crippen molar-refractivity contribution in [3.8, 4) is 0 Å². The molecule has 25 heavy (non-hydrogen) atoms. The Bertz CT molecular complexity index is 807. The van der Waals surface area contributed by atoms with E-state index in [0.29, 0.717) is 6.42 Å². The largest absolute Gasteiger partial charge is 0.460 e. The number of ether oxygens (including phenoxy) is 1. The second kappa shape index (κ2) is 7.79. The molecule has 7 nitrogen and oxygen atoms in total. The van der Waals surface area contributed by atoms with Gasteiger partial charge in [0, 0.05) is 17.9 Å². The van der Waals surface area contributed by atoms with Crippen molar-refractivity contribution in [1.29, 1.82) is 0 Å². The second-order valence-corrected chi connectivity index (χ2v) is 8.19. The lowest BCUT2D eigenvalue weighted by atomic mass is 10.1. The number of carbonyl (C=O) groups excluding carboxylic acids is 1. The molecule has 0 amide bonds. The van der Waals surface area contributed by atoms with Gasteiger partial charge in [-0.1, -0.05) is 6.07 Å². The average Bonchev–Trinajstić information content (AvgIpc) is 3.01. The number of aryl methyl sites for hydroxylation is 1. The number of hydrogen-bond acceptors (Lipinski definition) is 6. The molecule has 2 aromatic heterocycles. The first-order valence-electron chi connectivity index (χ1n) is 7.87. The van der Waals surface area contributed by atoms with Crippen molar-refractivity contribution < 1.29 is 22.4 Å². The van der Waals surface area contributed by atoms with Gasteiger partial charge in [0.05, 0.1) is 6.61 Å². The summed E-state index contributed by atoms with van der Waals surface area (Å²) < 4.78 is 37.0. The Morgan fingerprint density at radius 3 is 2.68 bits per heavy atom. The predicted molar refractivity (Wildman–Crippen MR) is 91.6 cm³/mol. The number of pyridine rings is 1. The van der Waals surface area contributed by atoms with Gasteiger partial charge in [-0.05, 0) is 57.4 Å². The maximum atomic E-state index is 12.1. The average molecular weight is 366 g/mol. The van der Waals surface area contributed by atoms with Crippen molar-refractivity contribution in [3.63, 3.8) is 0 Å². The van der Waals surface area contributed by atoms with Gasteiger partial charge in [0.25, 0.3) is 10.0 Å². The molecule has 0 fully saturated rings. The van der Waals surface area contributed by atoms with E-state index in [0.717, 1.165) is 12.0 Å². The van der Waals surface area contributed by atoms with Gasteiger partial charge in [0.1, 0.15) is 0 Å². The summed E-state index contributed by atoms with van der Waals surface area (Å²) in [6.45, 7) is 5.34. The van der Waals surface area contributed by atoms with Crippen molar-refractivity contribution in [1.82, 2.24) is 9.71 Å². The van der Waals surface area contributed by atoms with E-state index in [2.05, 4.69) is 9.71 Å². The number of carbonyl (C=O) groups is 1. The van der Waals surface area contributed by atoms with Crippen molar-refractivity contribution in [3.05, 3.63) is 48.0 Å². The van der Waals surface area contributed by atoms with Crippen LogP contribution in [-0.4, -0.2) is 31.5 Å². The van der Waals surface area contributed by atoms with Crippen LogP contribution in [0.5, 0.6) is 0 Å². The fourth-order valence-corrected chi connectivity index (χ4v) is 3.44. The smallest absolute Gasteiger partial charge is 0.374 e. The van der Waals surface area contributed by atoms with E-state index in [1.54, 1.807) is 33.2 Å². The predicted octanol–water partition coefficient (Wildman–Crippen LogP) is 2.54. The maximum absolute atomic E-state index is 12.1. The van der Waals surface area contributed by atoms with Crippen LogP contribution < -0.4 is 4.72 Å². The van der Waals surface area contributed by atoms with Crippen LogP contribution in [0, 0.1) is 0 Å². The van der Waals surface area contributed by atoms with E-state index in [4.69, 9.17) is 9.15 Å². The van der Waals surface area contributed by atoms with Gasteiger partial charge in [-0.3, -0.25) is 4.98 Å². The molecule has 0 atom stereocenters. The highest BCUT2D eigenvalue weighted by atomic mass is 32.2. The Labute approximate surface area is 147 Å². The minimum Gasteiger partial charge on any atom is -0.460 e. The zero-order valence-corrected chi connectivity index (χ0v) is 15.3. The molecule has 0 aliphatic carbocycles. The van der Waals surface area contributed by atoms with E-state index in [1.807, 2.05) is 12.1 Å². The van der Waals surface area contributed by atoms with Crippen LogP contribution in [-0.2, 0) is 21.2 Å². The molecule has 0 saturated carbocycles. The number of esters is 1. The second-order valence-electron chi connectivity index (χ2n) is 6.57.